The molecule has 1 heteroatoms. The number of nitrogens with zero attached hydrogens (tertiary/aromatic N) is 1. The second-order valence-electron chi connectivity index (χ2n) is 11.3. The van der Waals surface area contributed by atoms with Gasteiger partial charge in [0.1, 0.15) is 0 Å². The van der Waals surface area contributed by atoms with Crippen molar-refractivity contribution in [3.8, 4) is 44.5 Å². The van der Waals surface area contributed by atoms with Gasteiger partial charge in [0.2, 0.25) is 0 Å². The molecule has 200 valence electrons. The number of aromatic nitrogens is 1. The van der Waals surface area contributed by atoms with Crippen molar-refractivity contribution in [3.05, 3.63) is 164 Å². The Balaban J connectivity index is 1.24. The van der Waals surface area contributed by atoms with Gasteiger partial charge in [-0.2, -0.15) is 0 Å². The molecule has 0 amide bonds. The van der Waals surface area contributed by atoms with Gasteiger partial charge >= 0.3 is 0 Å². The lowest BCUT2D eigenvalue weighted by atomic mass is 9.95. The Morgan fingerprint density at radius 1 is 0.279 bits per heavy atom. The SMILES string of the molecule is c1ccc(-c2ccc(-c3cccc4c3c3cccc5c6c(-c7ccc(-c8ccccc8)cc7)cccc6n4c35)cc2)cc1. The van der Waals surface area contributed by atoms with Crippen molar-refractivity contribution in [2.75, 3.05) is 0 Å². The lowest BCUT2D eigenvalue weighted by Gasteiger charge is -2.09. The van der Waals surface area contributed by atoms with E-state index >= 15 is 0 Å². The van der Waals surface area contributed by atoms with Gasteiger partial charge in [0.15, 0.2) is 0 Å². The molecule has 9 rings (SSSR count). The summed E-state index contributed by atoms with van der Waals surface area (Å²) in [7, 11) is 0. The molecule has 7 aromatic carbocycles. The van der Waals surface area contributed by atoms with Crippen molar-refractivity contribution in [1.82, 2.24) is 4.40 Å². The minimum absolute atomic E-state index is 1.24. The lowest BCUT2D eigenvalue weighted by Crippen LogP contribution is -1.85. The van der Waals surface area contributed by atoms with Crippen LogP contribution in [0.3, 0.4) is 0 Å². The van der Waals surface area contributed by atoms with Crippen LogP contribution in [0.4, 0.5) is 0 Å². The van der Waals surface area contributed by atoms with E-state index in [1.807, 2.05) is 0 Å². The highest BCUT2D eigenvalue weighted by atomic mass is 14.9. The molecule has 2 heterocycles. The maximum Gasteiger partial charge on any atom is 0.0620 e. The Morgan fingerprint density at radius 3 is 1.09 bits per heavy atom. The fourth-order valence-corrected chi connectivity index (χ4v) is 7.00. The molecule has 0 N–H and O–H groups in total. The predicted molar refractivity (Wildman–Crippen MR) is 183 cm³/mol. The summed E-state index contributed by atoms with van der Waals surface area (Å²) >= 11 is 0. The molecule has 0 unspecified atom stereocenters. The molecular weight excluding hydrogens is 518 g/mol. The van der Waals surface area contributed by atoms with E-state index in [-0.39, 0.29) is 0 Å². The number of para-hydroxylation sites is 1. The lowest BCUT2D eigenvalue weighted by molar-refractivity contribution is 1.37. The van der Waals surface area contributed by atoms with Gasteiger partial charge in [-0.25, -0.2) is 0 Å². The molecule has 2 aromatic heterocycles. The average molecular weight is 546 g/mol. The summed E-state index contributed by atoms with van der Waals surface area (Å²) < 4.78 is 2.49. The highest BCUT2D eigenvalue weighted by Crippen LogP contribution is 2.45. The molecule has 0 saturated heterocycles. The quantitative estimate of drug-likeness (QED) is 0.207. The zero-order valence-corrected chi connectivity index (χ0v) is 23.5. The van der Waals surface area contributed by atoms with Crippen LogP contribution in [-0.2, 0) is 0 Å². The minimum Gasteiger partial charge on any atom is -0.308 e. The van der Waals surface area contributed by atoms with Crippen LogP contribution in [0.25, 0.3) is 82.6 Å². The molecule has 0 aliphatic carbocycles. The van der Waals surface area contributed by atoms with Crippen molar-refractivity contribution in [3.63, 3.8) is 0 Å². The topological polar surface area (TPSA) is 4.41 Å². The molecule has 0 fully saturated rings. The second-order valence-corrected chi connectivity index (χ2v) is 11.3. The monoisotopic (exact) mass is 545 g/mol. The highest BCUT2D eigenvalue weighted by molar-refractivity contribution is 6.27. The van der Waals surface area contributed by atoms with Gasteiger partial charge in [0.25, 0.3) is 0 Å². The molecule has 43 heavy (non-hydrogen) atoms. The molecular formula is C42H27N. The Bertz CT molecular complexity index is 2230. The molecule has 0 saturated carbocycles. The normalized spacial score (nSPS) is 11.7. The number of benzene rings is 7. The highest BCUT2D eigenvalue weighted by Gasteiger charge is 2.21. The predicted octanol–water partition coefficient (Wildman–Crippen LogP) is 11.5. The van der Waals surface area contributed by atoms with E-state index in [2.05, 4.69) is 168 Å². The first-order chi connectivity index (χ1) is 21.3. The third kappa shape index (κ3) is 3.65. The summed E-state index contributed by atoms with van der Waals surface area (Å²) in [6, 6.07) is 59.5. The number of rotatable bonds is 4. The summed E-state index contributed by atoms with van der Waals surface area (Å²) in [5.41, 5.74) is 13.8. The smallest absolute Gasteiger partial charge is 0.0620 e. The van der Waals surface area contributed by atoms with Crippen LogP contribution in [0.2, 0.25) is 0 Å². The van der Waals surface area contributed by atoms with Crippen LogP contribution >= 0.6 is 0 Å². The summed E-state index contributed by atoms with van der Waals surface area (Å²) in [5, 5.41) is 5.23. The molecule has 0 atom stereocenters. The van der Waals surface area contributed by atoms with Crippen LogP contribution in [0.5, 0.6) is 0 Å². The Morgan fingerprint density at radius 2 is 0.651 bits per heavy atom. The van der Waals surface area contributed by atoms with Gasteiger partial charge in [-0.1, -0.05) is 152 Å². The second kappa shape index (κ2) is 9.44. The summed E-state index contributed by atoms with van der Waals surface area (Å²) in [6.45, 7) is 0. The molecule has 0 aliphatic rings. The summed E-state index contributed by atoms with van der Waals surface area (Å²) in [5.74, 6) is 0. The van der Waals surface area contributed by atoms with Crippen molar-refractivity contribution >= 4 is 38.1 Å². The van der Waals surface area contributed by atoms with Crippen LogP contribution in [0.15, 0.2) is 164 Å². The van der Waals surface area contributed by atoms with Crippen molar-refractivity contribution in [1.29, 1.82) is 0 Å². The Hall–Kier alpha value is -5.66. The standard InChI is InChI=1S/C42H27N/c1-3-10-28(11-4-1)30-20-24-32(25-21-30)34-14-8-18-38-40(34)36-16-7-17-37-41-35(15-9-19-39(41)43(38)42(36)37)33-26-22-31(23-27-33)29-12-5-2-6-13-29/h1-27H. The molecule has 0 spiro atoms. The fraction of sp³-hybridized carbons (Fsp3) is 0. The van der Waals surface area contributed by atoms with Gasteiger partial charge in [-0.15, -0.1) is 0 Å². The number of hydrogen-bond donors (Lipinski definition) is 0. The van der Waals surface area contributed by atoms with Gasteiger partial charge < -0.3 is 4.40 Å². The van der Waals surface area contributed by atoms with E-state index in [0.717, 1.165) is 0 Å². The third-order valence-electron chi connectivity index (χ3n) is 8.97. The first-order valence-corrected chi connectivity index (χ1v) is 14.9. The molecule has 0 aliphatic heterocycles. The average Bonchev–Trinajstić information content (AvgIpc) is 3.62. The molecule has 1 nitrogen and oxygen atoms in total. The van der Waals surface area contributed by atoms with Crippen LogP contribution < -0.4 is 0 Å². The summed E-state index contributed by atoms with van der Waals surface area (Å²) in [6.07, 6.45) is 0. The minimum atomic E-state index is 1.24. The van der Waals surface area contributed by atoms with E-state index < -0.39 is 0 Å². The van der Waals surface area contributed by atoms with E-state index in [1.165, 1.54) is 82.6 Å². The van der Waals surface area contributed by atoms with E-state index in [0.29, 0.717) is 0 Å². The van der Waals surface area contributed by atoms with E-state index in [1.54, 1.807) is 0 Å². The van der Waals surface area contributed by atoms with Gasteiger partial charge in [0.05, 0.1) is 16.6 Å². The third-order valence-corrected chi connectivity index (χ3v) is 8.97. The van der Waals surface area contributed by atoms with E-state index in [9.17, 15) is 0 Å². The number of fused-ring (bicyclic) bond motifs is 6. The zero-order valence-electron chi connectivity index (χ0n) is 23.5. The van der Waals surface area contributed by atoms with Crippen molar-refractivity contribution < 1.29 is 0 Å². The van der Waals surface area contributed by atoms with Gasteiger partial charge in [-0.05, 0) is 56.6 Å². The summed E-state index contributed by atoms with van der Waals surface area (Å²) in [4.78, 5) is 0. The molecule has 0 bridgehead atoms. The Labute approximate surface area is 250 Å². The zero-order chi connectivity index (χ0) is 28.3. The van der Waals surface area contributed by atoms with Crippen LogP contribution in [-0.4, -0.2) is 4.40 Å². The maximum absolute atomic E-state index is 2.49. The Kier molecular flexibility index (Phi) is 5.27. The molecule has 9 aromatic rings. The van der Waals surface area contributed by atoms with Crippen molar-refractivity contribution in [2.45, 2.75) is 0 Å². The van der Waals surface area contributed by atoms with Gasteiger partial charge in [-0.3, -0.25) is 0 Å². The molecule has 0 radical (unpaired) electrons. The number of hydrogen-bond acceptors (Lipinski definition) is 0. The van der Waals surface area contributed by atoms with Crippen molar-refractivity contribution in [2.24, 2.45) is 0 Å². The van der Waals surface area contributed by atoms with Crippen LogP contribution in [0.1, 0.15) is 0 Å². The van der Waals surface area contributed by atoms with Gasteiger partial charge in [0, 0.05) is 21.5 Å². The van der Waals surface area contributed by atoms with Crippen LogP contribution in [0, 0.1) is 0 Å². The van der Waals surface area contributed by atoms with E-state index in [4.69, 9.17) is 0 Å². The largest absolute Gasteiger partial charge is 0.308 e. The first kappa shape index (κ1) is 24.0. The fourth-order valence-electron chi connectivity index (χ4n) is 7.00. The first-order valence-electron chi connectivity index (χ1n) is 14.9. The maximum atomic E-state index is 2.49.